The van der Waals surface area contributed by atoms with Gasteiger partial charge in [0.05, 0.1) is 0 Å². The van der Waals surface area contributed by atoms with Gasteiger partial charge in [-0.25, -0.2) is 9.18 Å². The van der Waals surface area contributed by atoms with E-state index in [0.717, 1.165) is 5.56 Å². The molecular formula is C21H27FN4O3. The van der Waals surface area contributed by atoms with Crippen LogP contribution in [-0.4, -0.2) is 66.9 Å². The lowest BCUT2D eigenvalue weighted by molar-refractivity contribution is 0.0632. The number of hydrogen-bond acceptors (Lipinski definition) is 4. The number of benzene rings is 1. The fourth-order valence-corrected chi connectivity index (χ4v) is 3.31. The number of hydrogen-bond donors (Lipinski definition) is 1. The van der Waals surface area contributed by atoms with Gasteiger partial charge in [0.15, 0.2) is 5.76 Å². The van der Waals surface area contributed by atoms with E-state index in [2.05, 4.69) is 5.32 Å². The number of furan rings is 1. The number of carbonyl (C=O) groups excluding carboxylic acids is 2. The van der Waals surface area contributed by atoms with Crippen molar-refractivity contribution in [3.05, 3.63) is 58.8 Å². The number of amides is 3. The molecule has 1 N–H and O–H groups in total. The molecule has 3 amide bonds. The summed E-state index contributed by atoms with van der Waals surface area (Å²) in [6, 6.07) is 8.12. The Morgan fingerprint density at radius 2 is 1.79 bits per heavy atom. The summed E-state index contributed by atoms with van der Waals surface area (Å²) in [6.45, 7) is 4.43. The second-order valence-corrected chi connectivity index (χ2v) is 7.51. The lowest BCUT2D eigenvalue weighted by Gasteiger charge is -2.34. The molecule has 0 bridgehead atoms. The van der Waals surface area contributed by atoms with Crippen molar-refractivity contribution in [2.45, 2.75) is 20.0 Å². The molecule has 0 saturated carbocycles. The van der Waals surface area contributed by atoms with Gasteiger partial charge in [0.1, 0.15) is 11.6 Å². The van der Waals surface area contributed by atoms with Gasteiger partial charge < -0.3 is 24.4 Å². The summed E-state index contributed by atoms with van der Waals surface area (Å²) in [5, 5.41) is 2.88. The number of aryl methyl sites for hydroxylation is 1. The summed E-state index contributed by atoms with van der Waals surface area (Å²) in [5.41, 5.74) is 1.45. The van der Waals surface area contributed by atoms with Crippen molar-refractivity contribution in [2.75, 3.05) is 40.3 Å². The van der Waals surface area contributed by atoms with Gasteiger partial charge in [0, 0.05) is 44.8 Å². The van der Waals surface area contributed by atoms with Crippen LogP contribution in [0.25, 0.3) is 0 Å². The highest BCUT2D eigenvalue weighted by atomic mass is 19.1. The predicted octanol–water partition coefficient (Wildman–Crippen LogP) is 2.46. The fraction of sp³-hybridized carbons (Fsp3) is 0.429. The zero-order valence-corrected chi connectivity index (χ0v) is 17.1. The minimum Gasteiger partial charge on any atom is -0.456 e. The average Bonchev–Trinajstić information content (AvgIpc) is 3.14. The second-order valence-electron chi connectivity index (χ2n) is 7.51. The van der Waals surface area contributed by atoms with Gasteiger partial charge >= 0.3 is 6.03 Å². The van der Waals surface area contributed by atoms with Crippen LogP contribution >= 0.6 is 0 Å². The summed E-state index contributed by atoms with van der Waals surface area (Å²) in [4.78, 5) is 30.1. The third kappa shape index (κ3) is 5.35. The first-order chi connectivity index (χ1) is 13.8. The number of carbonyl (C=O) groups is 2. The van der Waals surface area contributed by atoms with Crippen molar-refractivity contribution in [2.24, 2.45) is 0 Å². The van der Waals surface area contributed by atoms with Gasteiger partial charge in [-0.1, -0.05) is 6.07 Å². The largest absolute Gasteiger partial charge is 0.456 e. The van der Waals surface area contributed by atoms with E-state index in [1.165, 1.54) is 6.07 Å². The van der Waals surface area contributed by atoms with Crippen molar-refractivity contribution in [3.8, 4) is 0 Å². The highest BCUT2D eigenvalue weighted by Crippen LogP contribution is 2.14. The first-order valence-corrected chi connectivity index (χ1v) is 9.64. The second kappa shape index (κ2) is 9.09. The highest BCUT2D eigenvalue weighted by molar-refractivity contribution is 5.91. The number of piperazine rings is 1. The molecule has 1 aromatic carbocycles. The summed E-state index contributed by atoms with van der Waals surface area (Å²) < 4.78 is 19.3. The third-order valence-corrected chi connectivity index (χ3v) is 4.85. The summed E-state index contributed by atoms with van der Waals surface area (Å²) >= 11 is 0. The monoisotopic (exact) mass is 402 g/mol. The van der Waals surface area contributed by atoms with Crippen LogP contribution in [0.1, 0.15) is 27.4 Å². The Balaban J connectivity index is 1.49. The van der Waals surface area contributed by atoms with Crippen molar-refractivity contribution in [1.29, 1.82) is 0 Å². The van der Waals surface area contributed by atoms with Crippen molar-refractivity contribution in [1.82, 2.24) is 20.0 Å². The number of halogens is 1. The molecule has 0 aliphatic carbocycles. The molecule has 1 aliphatic rings. The molecule has 29 heavy (non-hydrogen) atoms. The van der Waals surface area contributed by atoms with Gasteiger partial charge in [0.25, 0.3) is 5.91 Å². The van der Waals surface area contributed by atoms with Crippen LogP contribution in [0.3, 0.4) is 0 Å². The van der Waals surface area contributed by atoms with Crippen LogP contribution in [0.2, 0.25) is 0 Å². The Labute approximate surface area is 170 Å². The smallest absolute Gasteiger partial charge is 0.317 e. The molecule has 8 heteroatoms. The first kappa shape index (κ1) is 20.9. The summed E-state index contributed by atoms with van der Waals surface area (Å²) in [6.07, 6.45) is 0. The van der Waals surface area contributed by atoms with Crippen LogP contribution in [0.15, 0.2) is 34.7 Å². The van der Waals surface area contributed by atoms with E-state index in [4.69, 9.17) is 4.42 Å². The number of nitrogens with zero attached hydrogens (tertiary/aromatic N) is 3. The molecule has 0 atom stereocenters. The normalized spacial score (nSPS) is 14.4. The van der Waals surface area contributed by atoms with Crippen LogP contribution in [0, 0.1) is 12.7 Å². The Morgan fingerprint density at radius 1 is 1.10 bits per heavy atom. The number of urea groups is 1. The van der Waals surface area contributed by atoms with E-state index in [-0.39, 0.29) is 17.8 Å². The summed E-state index contributed by atoms with van der Waals surface area (Å²) in [7, 11) is 3.76. The van der Waals surface area contributed by atoms with E-state index in [1.54, 1.807) is 41.0 Å². The SMILES string of the molecule is Cc1ccc(C(=O)N2CCN(C(=O)NCc3ccc(F)c(CN(C)C)c3)CC2)o1. The zero-order chi connectivity index (χ0) is 21.0. The number of rotatable bonds is 5. The van der Waals surface area contributed by atoms with E-state index < -0.39 is 0 Å². The Hall–Kier alpha value is -2.87. The van der Waals surface area contributed by atoms with Crippen LogP contribution in [0.5, 0.6) is 0 Å². The van der Waals surface area contributed by atoms with Gasteiger partial charge in [-0.2, -0.15) is 0 Å². The number of nitrogens with one attached hydrogen (secondary N) is 1. The van der Waals surface area contributed by atoms with Gasteiger partial charge in [-0.15, -0.1) is 0 Å². The highest BCUT2D eigenvalue weighted by Gasteiger charge is 2.26. The van der Waals surface area contributed by atoms with E-state index in [1.807, 2.05) is 19.0 Å². The van der Waals surface area contributed by atoms with Gasteiger partial charge in [-0.3, -0.25) is 4.79 Å². The molecule has 0 unspecified atom stereocenters. The van der Waals surface area contributed by atoms with Crippen molar-refractivity contribution >= 4 is 11.9 Å². The maximum Gasteiger partial charge on any atom is 0.317 e. The molecule has 0 spiro atoms. The molecule has 3 rings (SSSR count). The van der Waals surface area contributed by atoms with E-state index >= 15 is 0 Å². The average molecular weight is 402 g/mol. The Kier molecular flexibility index (Phi) is 6.53. The lowest BCUT2D eigenvalue weighted by atomic mass is 10.1. The molecule has 1 aliphatic heterocycles. The molecule has 1 saturated heterocycles. The maximum atomic E-state index is 13.9. The summed E-state index contributed by atoms with van der Waals surface area (Å²) in [5.74, 6) is 0.616. The molecule has 2 heterocycles. The zero-order valence-electron chi connectivity index (χ0n) is 17.1. The molecule has 1 fully saturated rings. The van der Waals surface area contributed by atoms with Crippen LogP contribution < -0.4 is 5.32 Å². The predicted molar refractivity (Wildman–Crippen MR) is 107 cm³/mol. The molecule has 7 nitrogen and oxygen atoms in total. The van der Waals surface area contributed by atoms with Crippen LogP contribution in [-0.2, 0) is 13.1 Å². The van der Waals surface area contributed by atoms with Crippen molar-refractivity contribution < 1.29 is 18.4 Å². The van der Waals surface area contributed by atoms with Gasteiger partial charge in [0.2, 0.25) is 0 Å². The molecular weight excluding hydrogens is 375 g/mol. The molecule has 2 aromatic rings. The quantitative estimate of drug-likeness (QED) is 0.834. The fourth-order valence-electron chi connectivity index (χ4n) is 3.31. The Morgan fingerprint density at radius 3 is 2.41 bits per heavy atom. The minimum atomic E-state index is -0.249. The maximum absolute atomic E-state index is 13.9. The topological polar surface area (TPSA) is 69.0 Å². The van der Waals surface area contributed by atoms with Gasteiger partial charge in [-0.05, 0) is 50.8 Å². The first-order valence-electron chi connectivity index (χ1n) is 9.64. The molecule has 1 aromatic heterocycles. The van der Waals surface area contributed by atoms with E-state index in [0.29, 0.717) is 56.4 Å². The molecule has 156 valence electrons. The lowest BCUT2D eigenvalue weighted by Crippen LogP contribution is -2.53. The van der Waals surface area contributed by atoms with Crippen molar-refractivity contribution in [3.63, 3.8) is 0 Å². The van der Waals surface area contributed by atoms with E-state index in [9.17, 15) is 14.0 Å². The third-order valence-electron chi connectivity index (χ3n) is 4.85. The Bertz CT molecular complexity index is 873. The standard InChI is InChI=1S/C21H27FN4O3/c1-15-4-7-19(29-15)20(27)25-8-10-26(11-9-25)21(28)23-13-16-5-6-18(22)17(12-16)14-24(2)3/h4-7,12H,8-11,13-14H2,1-3H3,(H,23,28). The minimum absolute atomic E-state index is 0.155. The molecule has 0 radical (unpaired) electrons. The van der Waals surface area contributed by atoms with Crippen LogP contribution in [0.4, 0.5) is 9.18 Å².